The number of nitrogens with two attached hydrogens (primary N) is 2. The van der Waals surface area contributed by atoms with Crippen LogP contribution in [0.3, 0.4) is 0 Å². The molecule has 4 rings (SSSR count). The molecular weight excluding hydrogens is 471 g/mol. The quantitative estimate of drug-likeness (QED) is 0.326. The highest BCUT2D eigenvalue weighted by Gasteiger charge is 2.21. The lowest BCUT2D eigenvalue weighted by Crippen LogP contribution is -2.39. The monoisotopic (exact) mass is 497 g/mol. The molecule has 7 N–H and O–H groups in total. The molecule has 1 amide bonds. The maximum Gasteiger partial charge on any atom is 0.255 e. The maximum absolute atomic E-state index is 14.8. The highest BCUT2D eigenvalue weighted by molar-refractivity contribution is 6.04. The number of nitrogens with zero attached hydrogens (tertiary/aromatic N) is 2. The van der Waals surface area contributed by atoms with Crippen molar-refractivity contribution in [2.45, 2.75) is 12.8 Å². The van der Waals surface area contributed by atoms with E-state index in [2.05, 4.69) is 5.32 Å². The minimum atomic E-state index is -0.825. The summed E-state index contributed by atoms with van der Waals surface area (Å²) in [6.07, 6.45) is 4.34. The van der Waals surface area contributed by atoms with Gasteiger partial charge in [-0.05, 0) is 42.2 Å². The third-order valence-corrected chi connectivity index (χ3v) is 6.33. The van der Waals surface area contributed by atoms with Gasteiger partial charge in [0.15, 0.2) is 11.9 Å². The summed E-state index contributed by atoms with van der Waals surface area (Å²) in [4.78, 5) is 15.9. The normalized spacial score (nSPS) is 15.8. The second-order valence-corrected chi connectivity index (χ2v) is 8.58. The lowest BCUT2D eigenvalue weighted by atomic mass is 9.97. The number of amides is 1. The Labute approximate surface area is 206 Å². The average Bonchev–Trinajstić information content (AvgIpc) is 2.86. The molecule has 2 aliphatic rings. The van der Waals surface area contributed by atoms with Crippen LogP contribution in [0.5, 0.6) is 0 Å². The summed E-state index contributed by atoms with van der Waals surface area (Å²) in [5.41, 5.74) is 12.3. The topological polar surface area (TPSA) is 135 Å². The van der Waals surface area contributed by atoms with E-state index in [1.807, 2.05) is 0 Å². The fourth-order valence-corrected chi connectivity index (χ4v) is 4.27. The van der Waals surface area contributed by atoms with E-state index in [9.17, 15) is 18.0 Å². The standard InChI is InChI=1S/C25H26F3N7O/c26-19-11-16(1-2-17(19)14-3-7-34(8-4-14)24(29)30)23(36)33-22-13-20(27)18(12-21(22)28)15-5-9-35(10-6-15)25(31)32/h1-3,5,11-13H,4,6-10H2,(H3,29,30)(H3,31,32)(H,33,36). The Morgan fingerprint density at radius 1 is 0.806 bits per heavy atom. The van der Waals surface area contributed by atoms with Gasteiger partial charge in [0.1, 0.15) is 17.5 Å². The predicted octanol–water partition coefficient (Wildman–Crippen LogP) is 3.32. The lowest BCUT2D eigenvalue weighted by molar-refractivity contribution is 0.102. The highest BCUT2D eigenvalue weighted by atomic mass is 19.1. The Balaban J connectivity index is 1.48. The zero-order valence-electron chi connectivity index (χ0n) is 19.4. The molecule has 0 saturated heterocycles. The van der Waals surface area contributed by atoms with Crippen LogP contribution in [-0.2, 0) is 0 Å². The summed E-state index contributed by atoms with van der Waals surface area (Å²) < 4.78 is 44.4. The summed E-state index contributed by atoms with van der Waals surface area (Å²) in [6.45, 7) is 1.60. The molecule has 8 nitrogen and oxygen atoms in total. The molecule has 0 saturated carbocycles. The first-order valence-electron chi connectivity index (χ1n) is 11.3. The smallest absolute Gasteiger partial charge is 0.255 e. The van der Waals surface area contributed by atoms with E-state index in [0.717, 1.165) is 23.8 Å². The minimum absolute atomic E-state index is 0.0405. The van der Waals surface area contributed by atoms with Gasteiger partial charge in [0, 0.05) is 48.9 Å². The first-order chi connectivity index (χ1) is 17.1. The molecule has 188 valence electrons. The van der Waals surface area contributed by atoms with Crippen molar-refractivity contribution in [2.75, 3.05) is 31.5 Å². The molecular formula is C25H26F3N7O. The minimum Gasteiger partial charge on any atom is -0.370 e. The molecule has 0 bridgehead atoms. The molecule has 0 unspecified atom stereocenters. The van der Waals surface area contributed by atoms with Crippen molar-refractivity contribution in [3.05, 3.63) is 76.6 Å². The molecule has 2 aromatic rings. The van der Waals surface area contributed by atoms with Crippen molar-refractivity contribution < 1.29 is 18.0 Å². The largest absolute Gasteiger partial charge is 0.370 e. The second-order valence-electron chi connectivity index (χ2n) is 8.58. The molecule has 0 spiro atoms. The third-order valence-electron chi connectivity index (χ3n) is 6.33. The summed E-state index contributed by atoms with van der Waals surface area (Å²) in [5.74, 6) is -3.07. The molecule has 0 aromatic heterocycles. The number of anilines is 1. The summed E-state index contributed by atoms with van der Waals surface area (Å²) in [7, 11) is 0. The molecule has 36 heavy (non-hydrogen) atoms. The van der Waals surface area contributed by atoms with E-state index < -0.39 is 23.4 Å². The van der Waals surface area contributed by atoms with E-state index in [0.29, 0.717) is 50.2 Å². The van der Waals surface area contributed by atoms with Crippen LogP contribution >= 0.6 is 0 Å². The number of halogens is 3. The first kappa shape index (κ1) is 24.8. The van der Waals surface area contributed by atoms with Crippen LogP contribution in [0, 0.1) is 28.3 Å². The molecule has 0 atom stereocenters. The molecule has 0 aliphatic carbocycles. The van der Waals surface area contributed by atoms with Crippen molar-refractivity contribution in [3.8, 4) is 0 Å². The molecule has 2 heterocycles. The maximum atomic E-state index is 14.8. The number of hydrogen-bond acceptors (Lipinski definition) is 3. The zero-order chi connectivity index (χ0) is 26.0. The SMILES string of the molecule is N=C(N)N1CC=C(c2ccc(C(=O)Nc3cc(F)c(C4=CCN(C(=N)N)CC4)cc3F)cc2F)CC1. The third kappa shape index (κ3) is 5.19. The van der Waals surface area contributed by atoms with E-state index in [4.69, 9.17) is 22.3 Å². The van der Waals surface area contributed by atoms with Gasteiger partial charge in [-0.25, -0.2) is 13.2 Å². The van der Waals surface area contributed by atoms with Gasteiger partial charge in [-0.1, -0.05) is 18.2 Å². The fraction of sp³-hybridized carbons (Fsp3) is 0.240. The van der Waals surface area contributed by atoms with Crippen molar-refractivity contribution in [1.29, 1.82) is 10.8 Å². The number of nitrogens with one attached hydrogen (secondary N) is 3. The van der Waals surface area contributed by atoms with Crippen LogP contribution in [0.25, 0.3) is 11.1 Å². The highest BCUT2D eigenvalue weighted by Crippen LogP contribution is 2.30. The number of carbonyl (C=O) groups excluding carboxylic acids is 1. The molecule has 11 heteroatoms. The van der Waals surface area contributed by atoms with Gasteiger partial charge in [0.05, 0.1) is 5.69 Å². The van der Waals surface area contributed by atoms with Gasteiger partial charge in [-0.15, -0.1) is 0 Å². The van der Waals surface area contributed by atoms with Crippen LogP contribution in [0.2, 0.25) is 0 Å². The van der Waals surface area contributed by atoms with Crippen molar-refractivity contribution >= 4 is 34.7 Å². The van der Waals surface area contributed by atoms with Crippen LogP contribution in [0.15, 0.2) is 42.5 Å². The molecule has 2 aliphatic heterocycles. The van der Waals surface area contributed by atoms with Crippen LogP contribution in [0.4, 0.5) is 18.9 Å². The molecule has 0 radical (unpaired) electrons. The van der Waals surface area contributed by atoms with Crippen LogP contribution in [0.1, 0.15) is 34.3 Å². The molecule has 2 aromatic carbocycles. The Morgan fingerprint density at radius 2 is 1.36 bits per heavy atom. The van der Waals surface area contributed by atoms with Gasteiger partial charge in [-0.3, -0.25) is 15.6 Å². The number of carbonyl (C=O) groups is 1. The molecule has 0 fully saturated rings. The van der Waals surface area contributed by atoms with Crippen LogP contribution < -0.4 is 16.8 Å². The predicted molar refractivity (Wildman–Crippen MR) is 133 cm³/mol. The summed E-state index contributed by atoms with van der Waals surface area (Å²) in [5, 5.41) is 17.2. The number of hydrogen-bond donors (Lipinski definition) is 5. The Kier molecular flexibility index (Phi) is 7.00. The van der Waals surface area contributed by atoms with E-state index >= 15 is 0 Å². The van der Waals surface area contributed by atoms with Crippen LogP contribution in [-0.4, -0.2) is 53.8 Å². The lowest BCUT2D eigenvalue weighted by Gasteiger charge is -2.27. The number of rotatable bonds is 4. The summed E-state index contributed by atoms with van der Waals surface area (Å²) >= 11 is 0. The van der Waals surface area contributed by atoms with Crippen molar-refractivity contribution in [3.63, 3.8) is 0 Å². The Bertz CT molecular complexity index is 1300. The van der Waals surface area contributed by atoms with Gasteiger partial charge >= 0.3 is 0 Å². The van der Waals surface area contributed by atoms with E-state index in [-0.39, 0.29) is 28.7 Å². The number of guanidine groups is 2. The Hall–Kier alpha value is -4.28. The van der Waals surface area contributed by atoms with Gasteiger partial charge in [0.2, 0.25) is 0 Å². The first-order valence-corrected chi connectivity index (χ1v) is 11.3. The second kappa shape index (κ2) is 10.1. The number of benzene rings is 2. The van der Waals surface area contributed by atoms with E-state index in [1.165, 1.54) is 12.1 Å². The van der Waals surface area contributed by atoms with E-state index in [1.54, 1.807) is 22.0 Å². The van der Waals surface area contributed by atoms with Gasteiger partial charge < -0.3 is 26.6 Å². The Morgan fingerprint density at radius 3 is 1.86 bits per heavy atom. The van der Waals surface area contributed by atoms with Gasteiger partial charge in [0.25, 0.3) is 5.91 Å². The average molecular weight is 498 g/mol. The summed E-state index contributed by atoms with van der Waals surface area (Å²) in [6, 6.07) is 5.86. The fourth-order valence-electron chi connectivity index (χ4n) is 4.27. The van der Waals surface area contributed by atoms with Gasteiger partial charge in [-0.2, -0.15) is 0 Å². The van der Waals surface area contributed by atoms with Crippen molar-refractivity contribution in [2.24, 2.45) is 11.5 Å². The zero-order valence-corrected chi connectivity index (χ0v) is 19.4. The van der Waals surface area contributed by atoms with Crippen molar-refractivity contribution in [1.82, 2.24) is 9.80 Å².